The summed E-state index contributed by atoms with van der Waals surface area (Å²) in [4.78, 5) is 25.1. The maximum absolute atomic E-state index is 12.9. The van der Waals surface area contributed by atoms with Crippen LogP contribution in [0.5, 0.6) is 0 Å². The number of non-ortho nitro benzene ring substituents is 1. The van der Waals surface area contributed by atoms with Gasteiger partial charge >= 0.3 is 0 Å². The Morgan fingerprint density at radius 1 is 1.25 bits per heavy atom. The molecule has 1 heterocycles. The smallest absolute Gasteiger partial charge is 0.271 e. The third-order valence-electron chi connectivity index (χ3n) is 4.85. The van der Waals surface area contributed by atoms with Gasteiger partial charge in [0, 0.05) is 29.6 Å². The van der Waals surface area contributed by atoms with E-state index in [-0.39, 0.29) is 23.4 Å². The molecular formula is C18H15ClN2O3. The minimum absolute atomic E-state index is 0.0203. The first-order valence-corrected chi connectivity index (χ1v) is 8.27. The van der Waals surface area contributed by atoms with Gasteiger partial charge in [-0.3, -0.25) is 14.9 Å². The highest BCUT2D eigenvalue weighted by molar-refractivity contribution is 6.31. The Morgan fingerprint density at radius 3 is 2.79 bits per heavy atom. The number of carbonyl (C=O) groups is 1. The third-order valence-corrected chi connectivity index (χ3v) is 5.20. The van der Waals surface area contributed by atoms with Gasteiger partial charge in [0.2, 0.25) is 5.91 Å². The van der Waals surface area contributed by atoms with Crippen LogP contribution in [0.25, 0.3) is 0 Å². The number of nitrogens with zero attached hydrogens (tertiary/aromatic N) is 2. The molecule has 1 aliphatic carbocycles. The van der Waals surface area contributed by atoms with Crippen molar-refractivity contribution in [1.29, 1.82) is 0 Å². The molecule has 0 aromatic heterocycles. The normalized spacial score (nSPS) is 21.5. The zero-order valence-corrected chi connectivity index (χ0v) is 13.6. The van der Waals surface area contributed by atoms with Crippen molar-refractivity contribution in [2.75, 3.05) is 11.4 Å². The van der Waals surface area contributed by atoms with E-state index in [4.69, 9.17) is 11.6 Å². The van der Waals surface area contributed by atoms with Crippen molar-refractivity contribution in [3.8, 4) is 0 Å². The van der Waals surface area contributed by atoms with E-state index >= 15 is 0 Å². The van der Waals surface area contributed by atoms with Gasteiger partial charge in [-0.2, -0.15) is 0 Å². The fraction of sp³-hybridized carbons (Fsp3) is 0.278. The van der Waals surface area contributed by atoms with Crippen LogP contribution in [0.3, 0.4) is 0 Å². The predicted molar refractivity (Wildman–Crippen MR) is 91.5 cm³/mol. The van der Waals surface area contributed by atoms with Crippen LogP contribution in [0.2, 0.25) is 5.02 Å². The van der Waals surface area contributed by atoms with Gasteiger partial charge in [-0.1, -0.05) is 35.9 Å². The molecule has 1 saturated carbocycles. The lowest BCUT2D eigenvalue weighted by Crippen LogP contribution is -2.30. The van der Waals surface area contributed by atoms with Gasteiger partial charge in [-0.05, 0) is 36.0 Å². The van der Waals surface area contributed by atoms with Crippen molar-refractivity contribution in [2.45, 2.75) is 18.8 Å². The van der Waals surface area contributed by atoms with Gasteiger partial charge in [0.1, 0.15) is 0 Å². The van der Waals surface area contributed by atoms with Gasteiger partial charge in [0.15, 0.2) is 0 Å². The molecule has 1 fully saturated rings. The number of rotatable bonds is 3. The van der Waals surface area contributed by atoms with Crippen LogP contribution in [-0.4, -0.2) is 17.4 Å². The standard InChI is InChI=1S/C18H15ClN2O3/c19-16-4-2-1-3-13(16)14-10-15(14)18(22)20-8-7-11-5-6-12(21(23)24)9-17(11)20/h1-6,9,14-15H,7-8,10H2. The number of anilines is 1. The van der Waals surface area contributed by atoms with Crippen LogP contribution in [0.15, 0.2) is 42.5 Å². The summed E-state index contributed by atoms with van der Waals surface area (Å²) in [5.74, 6) is 0.100. The first-order chi connectivity index (χ1) is 11.6. The summed E-state index contributed by atoms with van der Waals surface area (Å²) in [7, 11) is 0. The summed E-state index contributed by atoms with van der Waals surface area (Å²) >= 11 is 6.23. The molecule has 2 unspecified atom stereocenters. The molecule has 0 N–H and O–H groups in total. The minimum atomic E-state index is -0.426. The number of amides is 1. The Kier molecular flexibility index (Phi) is 3.53. The summed E-state index contributed by atoms with van der Waals surface area (Å²) < 4.78 is 0. The molecule has 6 heteroatoms. The van der Waals surface area contributed by atoms with Crippen LogP contribution >= 0.6 is 11.6 Å². The summed E-state index contributed by atoms with van der Waals surface area (Å²) in [6.07, 6.45) is 1.52. The third kappa shape index (κ3) is 2.45. The van der Waals surface area contributed by atoms with E-state index in [0.29, 0.717) is 17.3 Å². The van der Waals surface area contributed by atoms with Crippen LogP contribution in [-0.2, 0) is 11.2 Å². The average Bonchev–Trinajstić information content (AvgIpc) is 3.25. The number of nitro benzene ring substituents is 1. The maximum Gasteiger partial charge on any atom is 0.271 e. The van der Waals surface area contributed by atoms with E-state index in [1.165, 1.54) is 12.1 Å². The topological polar surface area (TPSA) is 63.5 Å². The molecule has 5 nitrogen and oxygen atoms in total. The minimum Gasteiger partial charge on any atom is -0.311 e. The molecule has 24 heavy (non-hydrogen) atoms. The number of benzene rings is 2. The summed E-state index contributed by atoms with van der Waals surface area (Å²) in [5.41, 5.74) is 2.70. The van der Waals surface area contributed by atoms with Gasteiger partial charge in [0.05, 0.1) is 10.6 Å². The highest BCUT2D eigenvalue weighted by Crippen LogP contribution is 2.51. The largest absolute Gasteiger partial charge is 0.311 e. The van der Waals surface area contributed by atoms with E-state index in [1.807, 2.05) is 24.3 Å². The summed E-state index contributed by atoms with van der Waals surface area (Å²) in [5, 5.41) is 11.7. The van der Waals surface area contributed by atoms with E-state index in [2.05, 4.69) is 0 Å². The second-order valence-corrected chi connectivity index (χ2v) is 6.69. The van der Waals surface area contributed by atoms with Crippen molar-refractivity contribution in [3.05, 3.63) is 68.7 Å². The Hall–Kier alpha value is -2.40. The van der Waals surface area contributed by atoms with Gasteiger partial charge in [-0.25, -0.2) is 0 Å². The number of halogens is 1. The summed E-state index contributed by atoms with van der Waals surface area (Å²) in [6, 6.07) is 12.4. The highest BCUT2D eigenvalue weighted by Gasteiger charge is 2.47. The van der Waals surface area contributed by atoms with E-state index in [1.54, 1.807) is 11.0 Å². The number of carbonyl (C=O) groups excluding carboxylic acids is 1. The fourth-order valence-corrected chi connectivity index (χ4v) is 3.77. The zero-order chi connectivity index (χ0) is 16.8. The average molecular weight is 343 g/mol. The SMILES string of the molecule is O=C(C1CC1c1ccccc1Cl)N1CCc2ccc([N+](=O)[O-])cc21. The number of hydrogen-bond donors (Lipinski definition) is 0. The zero-order valence-electron chi connectivity index (χ0n) is 12.8. The molecular weight excluding hydrogens is 328 g/mol. The quantitative estimate of drug-likeness (QED) is 0.627. The van der Waals surface area contributed by atoms with Crippen molar-refractivity contribution < 1.29 is 9.72 Å². The van der Waals surface area contributed by atoms with E-state index < -0.39 is 4.92 Å². The molecule has 2 aliphatic rings. The Labute approximate surface area is 144 Å². The monoisotopic (exact) mass is 342 g/mol. The molecule has 1 amide bonds. The molecule has 0 saturated heterocycles. The molecule has 122 valence electrons. The molecule has 2 aromatic rings. The Morgan fingerprint density at radius 2 is 2.04 bits per heavy atom. The van der Waals surface area contributed by atoms with Gasteiger partial charge in [0.25, 0.3) is 5.69 Å². The van der Waals surface area contributed by atoms with Crippen molar-refractivity contribution in [1.82, 2.24) is 0 Å². The first kappa shape index (κ1) is 15.1. The number of fused-ring (bicyclic) bond motifs is 1. The Balaban J connectivity index is 1.57. The van der Waals surface area contributed by atoms with Crippen LogP contribution < -0.4 is 4.90 Å². The molecule has 1 aliphatic heterocycles. The number of nitro groups is 1. The molecule has 2 aromatic carbocycles. The second kappa shape index (κ2) is 5.60. The maximum atomic E-state index is 12.9. The molecule has 0 spiro atoms. The number of hydrogen-bond acceptors (Lipinski definition) is 3. The molecule has 0 radical (unpaired) electrons. The van der Waals surface area contributed by atoms with Crippen molar-refractivity contribution in [2.24, 2.45) is 5.92 Å². The first-order valence-electron chi connectivity index (χ1n) is 7.89. The van der Waals surface area contributed by atoms with Crippen LogP contribution in [0.4, 0.5) is 11.4 Å². The van der Waals surface area contributed by atoms with E-state index in [9.17, 15) is 14.9 Å². The fourth-order valence-electron chi connectivity index (χ4n) is 3.50. The molecule has 4 rings (SSSR count). The lowest BCUT2D eigenvalue weighted by Gasteiger charge is -2.17. The van der Waals surface area contributed by atoms with E-state index in [0.717, 1.165) is 24.0 Å². The second-order valence-electron chi connectivity index (χ2n) is 6.28. The highest BCUT2D eigenvalue weighted by atomic mass is 35.5. The van der Waals surface area contributed by atoms with Gasteiger partial charge in [-0.15, -0.1) is 0 Å². The van der Waals surface area contributed by atoms with Crippen LogP contribution in [0, 0.1) is 16.0 Å². The van der Waals surface area contributed by atoms with Gasteiger partial charge < -0.3 is 4.90 Å². The lowest BCUT2D eigenvalue weighted by molar-refractivity contribution is -0.384. The predicted octanol–water partition coefficient (Wildman–Crippen LogP) is 3.94. The molecule has 0 bridgehead atoms. The Bertz CT molecular complexity index is 852. The van der Waals surface area contributed by atoms with Crippen molar-refractivity contribution >= 4 is 28.9 Å². The summed E-state index contributed by atoms with van der Waals surface area (Å²) in [6.45, 7) is 0.584. The molecule has 2 atom stereocenters. The van der Waals surface area contributed by atoms with Crippen molar-refractivity contribution in [3.63, 3.8) is 0 Å². The lowest BCUT2D eigenvalue weighted by atomic mass is 10.1. The van der Waals surface area contributed by atoms with Crippen LogP contribution in [0.1, 0.15) is 23.5 Å².